The van der Waals surface area contributed by atoms with Crippen molar-refractivity contribution in [3.63, 3.8) is 0 Å². The lowest BCUT2D eigenvalue weighted by Crippen LogP contribution is -2.54. The van der Waals surface area contributed by atoms with Gasteiger partial charge in [0, 0.05) is 18.0 Å². The van der Waals surface area contributed by atoms with Gasteiger partial charge in [0.25, 0.3) is 0 Å². The molecular formula is C26H32ClN3O2. The van der Waals surface area contributed by atoms with E-state index in [4.69, 9.17) is 16.3 Å². The molecule has 0 radical (unpaired) electrons. The van der Waals surface area contributed by atoms with E-state index in [0.29, 0.717) is 13.0 Å². The second kappa shape index (κ2) is 9.05. The number of carbonyl (C=O) groups excluding carboxylic acids is 1. The Bertz CT molecular complexity index is 935. The van der Waals surface area contributed by atoms with Crippen molar-refractivity contribution in [1.82, 2.24) is 14.9 Å². The number of carbonyl (C=O) groups is 1. The monoisotopic (exact) mass is 453 g/mol. The van der Waals surface area contributed by atoms with E-state index in [2.05, 4.69) is 41.2 Å². The molecule has 0 unspecified atom stereocenters. The van der Waals surface area contributed by atoms with E-state index in [9.17, 15) is 4.79 Å². The fourth-order valence-electron chi connectivity index (χ4n) is 4.88. The molecule has 170 valence electrons. The number of amides is 1. The number of ether oxygens (including phenoxy) is 1. The first-order valence-corrected chi connectivity index (χ1v) is 12.1. The summed E-state index contributed by atoms with van der Waals surface area (Å²) >= 11 is 6.11. The zero-order chi connectivity index (χ0) is 22.1. The van der Waals surface area contributed by atoms with Crippen molar-refractivity contribution in [3.8, 4) is 5.75 Å². The van der Waals surface area contributed by atoms with Gasteiger partial charge in [-0.3, -0.25) is 9.80 Å². The Labute approximate surface area is 195 Å². The minimum absolute atomic E-state index is 0.101. The maximum absolute atomic E-state index is 13.3. The van der Waals surface area contributed by atoms with E-state index >= 15 is 0 Å². The van der Waals surface area contributed by atoms with Crippen LogP contribution in [-0.4, -0.2) is 53.1 Å². The third-order valence-electron chi connectivity index (χ3n) is 7.21. The fourth-order valence-corrected chi connectivity index (χ4v) is 5.00. The van der Waals surface area contributed by atoms with Crippen LogP contribution >= 0.6 is 11.6 Å². The molecule has 5 nitrogen and oxygen atoms in total. The van der Waals surface area contributed by atoms with Gasteiger partial charge < -0.3 is 9.64 Å². The summed E-state index contributed by atoms with van der Waals surface area (Å²) in [7, 11) is 2.16. The van der Waals surface area contributed by atoms with Crippen LogP contribution in [0.2, 0.25) is 5.02 Å². The van der Waals surface area contributed by atoms with E-state index in [1.165, 1.54) is 18.4 Å². The lowest BCUT2D eigenvalue weighted by Gasteiger charge is -2.45. The number of nitrogens with zero attached hydrogens (tertiary/aromatic N) is 3. The van der Waals surface area contributed by atoms with E-state index in [-0.39, 0.29) is 11.4 Å². The van der Waals surface area contributed by atoms with Gasteiger partial charge in [-0.2, -0.15) is 0 Å². The average molecular weight is 454 g/mol. The summed E-state index contributed by atoms with van der Waals surface area (Å²) in [4.78, 5) is 15.6. The molecule has 32 heavy (non-hydrogen) atoms. The Morgan fingerprint density at radius 2 is 1.59 bits per heavy atom. The Hall–Kier alpha value is -2.08. The molecule has 1 saturated carbocycles. The largest absolute Gasteiger partial charge is 0.493 e. The second-order valence-corrected chi connectivity index (χ2v) is 10.2. The van der Waals surface area contributed by atoms with Crippen molar-refractivity contribution in [1.29, 1.82) is 0 Å². The molecule has 1 aliphatic carbocycles. The predicted molar refractivity (Wildman–Crippen MR) is 126 cm³/mol. The number of hydrazine groups is 1. The number of rotatable bonds is 7. The van der Waals surface area contributed by atoms with Crippen LogP contribution in [0.1, 0.15) is 43.2 Å². The molecular weight excluding hydrogens is 422 g/mol. The van der Waals surface area contributed by atoms with Crippen molar-refractivity contribution in [2.75, 3.05) is 26.7 Å². The van der Waals surface area contributed by atoms with Crippen molar-refractivity contribution in [2.45, 2.75) is 50.7 Å². The zero-order valence-electron chi connectivity index (χ0n) is 18.8. The zero-order valence-corrected chi connectivity index (χ0v) is 19.6. The molecule has 2 saturated heterocycles. The number of piperidine rings is 1. The first-order chi connectivity index (χ1) is 15.5. The van der Waals surface area contributed by atoms with Gasteiger partial charge >= 0.3 is 0 Å². The minimum atomic E-state index is -0.101. The van der Waals surface area contributed by atoms with Gasteiger partial charge in [0.1, 0.15) is 5.75 Å². The SMILES string of the molecule is CN1CCC2(CC1)CC(=O)N(Cc1ccc(OCC3CC3)cc1)N2Cc1ccc(Cl)cc1. The van der Waals surface area contributed by atoms with E-state index < -0.39 is 0 Å². The number of benzene rings is 2. The summed E-state index contributed by atoms with van der Waals surface area (Å²) < 4.78 is 5.88. The van der Waals surface area contributed by atoms with Crippen molar-refractivity contribution < 1.29 is 9.53 Å². The lowest BCUT2D eigenvalue weighted by molar-refractivity contribution is -0.145. The van der Waals surface area contributed by atoms with E-state index in [1.807, 2.05) is 29.3 Å². The molecule has 5 rings (SSSR count). The molecule has 0 aromatic heterocycles. The Balaban J connectivity index is 1.34. The van der Waals surface area contributed by atoms with Crippen molar-refractivity contribution >= 4 is 17.5 Å². The standard InChI is InChI=1S/C26H32ClN3O2/c1-28-14-12-26(13-15-28)16-25(31)29(30(26)18-21-4-8-23(27)9-5-21)17-20-6-10-24(11-7-20)32-19-22-2-3-22/h4-11,22H,2-3,12-19H2,1H3. The van der Waals surface area contributed by atoms with Crippen LogP contribution < -0.4 is 4.74 Å². The second-order valence-electron chi connectivity index (χ2n) is 9.74. The summed E-state index contributed by atoms with van der Waals surface area (Å²) in [6.45, 7) is 4.16. The van der Waals surface area contributed by atoms with Crippen LogP contribution in [0.5, 0.6) is 5.75 Å². The van der Waals surface area contributed by atoms with Gasteiger partial charge in [-0.25, -0.2) is 5.01 Å². The summed E-state index contributed by atoms with van der Waals surface area (Å²) in [6.07, 6.45) is 5.18. The van der Waals surface area contributed by atoms with Gasteiger partial charge in [0.15, 0.2) is 0 Å². The maximum atomic E-state index is 13.3. The summed E-state index contributed by atoms with van der Waals surface area (Å²) in [5.74, 6) is 1.87. The average Bonchev–Trinajstić information content (AvgIpc) is 3.59. The van der Waals surface area contributed by atoms with Crippen LogP contribution in [0.15, 0.2) is 48.5 Å². The van der Waals surface area contributed by atoms with Crippen LogP contribution in [-0.2, 0) is 17.9 Å². The van der Waals surface area contributed by atoms with Crippen LogP contribution in [0.25, 0.3) is 0 Å². The Kier molecular flexibility index (Phi) is 6.15. The smallest absolute Gasteiger partial charge is 0.239 e. The molecule has 3 fully saturated rings. The number of hydrogen-bond acceptors (Lipinski definition) is 4. The summed E-state index contributed by atoms with van der Waals surface area (Å²) in [5.41, 5.74) is 2.20. The van der Waals surface area contributed by atoms with Gasteiger partial charge in [-0.15, -0.1) is 0 Å². The predicted octanol–water partition coefficient (Wildman–Crippen LogP) is 4.74. The molecule has 6 heteroatoms. The molecule has 3 aliphatic rings. The molecule has 2 heterocycles. The Morgan fingerprint density at radius 1 is 0.969 bits per heavy atom. The highest BCUT2D eigenvalue weighted by Crippen LogP contribution is 2.41. The number of hydrogen-bond donors (Lipinski definition) is 0. The van der Waals surface area contributed by atoms with Crippen LogP contribution in [0, 0.1) is 5.92 Å². The number of halogens is 1. The molecule has 2 aliphatic heterocycles. The van der Waals surface area contributed by atoms with E-state index in [1.54, 1.807) is 0 Å². The normalized spacial score (nSPS) is 21.4. The molecule has 0 N–H and O–H groups in total. The molecule has 2 aromatic carbocycles. The van der Waals surface area contributed by atoms with Crippen LogP contribution in [0.4, 0.5) is 0 Å². The highest BCUT2D eigenvalue weighted by Gasteiger charge is 2.50. The van der Waals surface area contributed by atoms with Crippen molar-refractivity contribution in [3.05, 3.63) is 64.7 Å². The molecule has 1 spiro atoms. The third kappa shape index (κ3) is 4.80. The lowest BCUT2D eigenvalue weighted by atomic mass is 9.84. The molecule has 0 atom stereocenters. The first-order valence-electron chi connectivity index (χ1n) is 11.7. The fraction of sp³-hybridized carbons (Fsp3) is 0.500. The number of likely N-dealkylation sites (tertiary alicyclic amines) is 1. The quantitative estimate of drug-likeness (QED) is 0.606. The van der Waals surface area contributed by atoms with Gasteiger partial charge in [0.05, 0.1) is 18.7 Å². The first kappa shape index (κ1) is 21.7. The molecule has 2 aromatic rings. The summed E-state index contributed by atoms with van der Waals surface area (Å²) in [6, 6.07) is 16.3. The van der Waals surface area contributed by atoms with Gasteiger partial charge in [-0.05, 0) is 87.1 Å². The highest BCUT2D eigenvalue weighted by atomic mass is 35.5. The maximum Gasteiger partial charge on any atom is 0.239 e. The van der Waals surface area contributed by atoms with Gasteiger partial charge in [-0.1, -0.05) is 35.9 Å². The summed E-state index contributed by atoms with van der Waals surface area (Å²) in [5, 5.41) is 5.07. The molecule has 0 bridgehead atoms. The Morgan fingerprint density at radius 3 is 2.25 bits per heavy atom. The van der Waals surface area contributed by atoms with Gasteiger partial charge in [0.2, 0.25) is 5.91 Å². The molecule has 1 amide bonds. The minimum Gasteiger partial charge on any atom is -0.493 e. The van der Waals surface area contributed by atoms with Crippen molar-refractivity contribution in [2.24, 2.45) is 5.92 Å². The van der Waals surface area contributed by atoms with E-state index in [0.717, 1.165) is 61.3 Å². The van der Waals surface area contributed by atoms with Crippen LogP contribution in [0.3, 0.4) is 0 Å². The topological polar surface area (TPSA) is 36.0 Å². The third-order valence-corrected chi connectivity index (χ3v) is 7.46. The highest BCUT2D eigenvalue weighted by molar-refractivity contribution is 6.30.